The molecule has 1 saturated carbocycles. The predicted molar refractivity (Wildman–Crippen MR) is 117 cm³/mol. The number of likely N-dealkylation sites (tertiary alicyclic amines) is 1. The Kier molecular flexibility index (Phi) is 7.05. The lowest BCUT2D eigenvalue weighted by molar-refractivity contribution is -0.131. The first-order chi connectivity index (χ1) is 15.9. The van der Waals surface area contributed by atoms with Gasteiger partial charge in [-0.2, -0.15) is 8.78 Å². The number of halogens is 2. The molecule has 2 amide bonds. The van der Waals surface area contributed by atoms with Gasteiger partial charge in [-0.1, -0.05) is 12.1 Å². The second-order valence-corrected chi connectivity index (χ2v) is 8.50. The minimum atomic E-state index is -2.95. The van der Waals surface area contributed by atoms with Crippen molar-refractivity contribution in [1.29, 1.82) is 0 Å². The standard InChI is InChI=1S/C24H27F2N3O4/c1-15-5-4-8-21(27-15)28-22(30)14-29-13-17(12-23(29)31)16-9-10-19(33-24(25)26)20(11-16)32-18-6-2-3-7-18/h4-5,8-11,17-18,24H,2-3,6-7,12-14H2,1H3,(H,27,28,30)/t17-/m1/s1. The Labute approximate surface area is 191 Å². The van der Waals surface area contributed by atoms with Crippen molar-refractivity contribution in [2.24, 2.45) is 0 Å². The first kappa shape index (κ1) is 22.9. The molecule has 4 rings (SSSR count). The van der Waals surface area contributed by atoms with Crippen LogP contribution in [0.5, 0.6) is 11.5 Å². The normalized spacial score (nSPS) is 18.7. The van der Waals surface area contributed by atoms with E-state index in [0.717, 1.165) is 36.9 Å². The molecule has 2 aliphatic rings. The number of anilines is 1. The number of pyridine rings is 1. The topological polar surface area (TPSA) is 80.8 Å². The number of aryl methyl sites for hydroxylation is 1. The molecule has 0 spiro atoms. The third kappa shape index (κ3) is 5.97. The Morgan fingerprint density at radius 3 is 2.73 bits per heavy atom. The first-order valence-corrected chi connectivity index (χ1v) is 11.1. The molecule has 2 fully saturated rings. The smallest absolute Gasteiger partial charge is 0.387 e. The van der Waals surface area contributed by atoms with Gasteiger partial charge in [-0.15, -0.1) is 0 Å². The SMILES string of the molecule is Cc1cccc(NC(=O)CN2C[C@H](c3ccc(OC(F)F)c(OC4CCCC4)c3)CC2=O)n1. The Bertz CT molecular complexity index is 1010. The van der Waals surface area contributed by atoms with E-state index in [-0.39, 0.29) is 48.3 Å². The van der Waals surface area contributed by atoms with Crippen molar-refractivity contribution in [3.8, 4) is 11.5 Å². The maximum atomic E-state index is 12.8. The van der Waals surface area contributed by atoms with Crippen LogP contribution in [0, 0.1) is 6.92 Å². The number of hydrogen-bond donors (Lipinski definition) is 1. The van der Waals surface area contributed by atoms with Crippen molar-refractivity contribution >= 4 is 17.6 Å². The van der Waals surface area contributed by atoms with E-state index in [4.69, 9.17) is 4.74 Å². The third-order valence-corrected chi connectivity index (χ3v) is 5.96. The summed E-state index contributed by atoms with van der Waals surface area (Å²) in [4.78, 5) is 30.7. The van der Waals surface area contributed by atoms with Crippen LogP contribution in [0.15, 0.2) is 36.4 Å². The molecular weight excluding hydrogens is 432 g/mol. The van der Waals surface area contributed by atoms with Gasteiger partial charge in [-0.05, 0) is 62.4 Å². The van der Waals surface area contributed by atoms with E-state index in [2.05, 4.69) is 15.0 Å². The van der Waals surface area contributed by atoms with Crippen LogP contribution in [0.4, 0.5) is 14.6 Å². The molecule has 1 atom stereocenters. The lowest BCUT2D eigenvalue weighted by atomic mass is 9.98. The number of amides is 2. The van der Waals surface area contributed by atoms with E-state index in [1.54, 1.807) is 24.3 Å². The van der Waals surface area contributed by atoms with Crippen LogP contribution in [-0.2, 0) is 9.59 Å². The van der Waals surface area contributed by atoms with Crippen molar-refractivity contribution in [2.45, 2.75) is 57.7 Å². The van der Waals surface area contributed by atoms with Crippen LogP contribution in [0.3, 0.4) is 0 Å². The largest absolute Gasteiger partial charge is 0.487 e. The van der Waals surface area contributed by atoms with Gasteiger partial charge in [-0.25, -0.2) is 4.98 Å². The summed E-state index contributed by atoms with van der Waals surface area (Å²) in [6.45, 7) is -0.854. The number of nitrogens with zero attached hydrogens (tertiary/aromatic N) is 2. The molecule has 0 bridgehead atoms. The fourth-order valence-corrected chi connectivity index (χ4v) is 4.37. The molecule has 2 heterocycles. The lowest BCUT2D eigenvalue weighted by Gasteiger charge is -2.20. The van der Waals surface area contributed by atoms with Gasteiger partial charge >= 0.3 is 6.61 Å². The summed E-state index contributed by atoms with van der Waals surface area (Å²) in [5.41, 5.74) is 1.57. The van der Waals surface area contributed by atoms with Crippen molar-refractivity contribution in [3.63, 3.8) is 0 Å². The zero-order valence-electron chi connectivity index (χ0n) is 18.4. The van der Waals surface area contributed by atoms with Gasteiger partial charge in [0.05, 0.1) is 12.6 Å². The van der Waals surface area contributed by atoms with Gasteiger partial charge in [0, 0.05) is 24.6 Å². The maximum Gasteiger partial charge on any atom is 0.387 e. The molecule has 1 aromatic heterocycles. The van der Waals surface area contributed by atoms with Crippen molar-refractivity contribution in [2.75, 3.05) is 18.4 Å². The van der Waals surface area contributed by atoms with Gasteiger partial charge in [0.15, 0.2) is 11.5 Å². The lowest BCUT2D eigenvalue weighted by Crippen LogP contribution is -2.34. The average molecular weight is 459 g/mol. The number of benzene rings is 1. The Hall–Kier alpha value is -3.23. The van der Waals surface area contributed by atoms with E-state index < -0.39 is 6.61 Å². The van der Waals surface area contributed by atoms with Gasteiger partial charge in [0.2, 0.25) is 11.8 Å². The van der Waals surface area contributed by atoms with E-state index >= 15 is 0 Å². The molecular formula is C24H27F2N3O4. The summed E-state index contributed by atoms with van der Waals surface area (Å²) in [7, 11) is 0. The number of carbonyl (C=O) groups excluding carboxylic acids is 2. The van der Waals surface area contributed by atoms with Crippen LogP contribution in [0.2, 0.25) is 0 Å². The zero-order chi connectivity index (χ0) is 23.4. The van der Waals surface area contributed by atoms with Gasteiger partial charge in [0.1, 0.15) is 5.82 Å². The number of nitrogens with one attached hydrogen (secondary N) is 1. The molecule has 0 unspecified atom stereocenters. The average Bonchev–Trinajstić information content (AvgIpc) is 3.39. The second kappa shape index (κ2) is 10.1. The molecule has 1 aliphatic heterocycles. The summed E-state index contributed by atoms with van der Waals surface area (Å²) in [6.07, 6.45) is 4.04. The predicted octanol–water partition coefficient (Wildman–Crippen LogP) is 4.27. The number of aromatic nitrogens is 1. The second-order valence-electron chi connectivity index (χ2n) is 8.50. The van der Waals surface area contributed by atoms with Crippen molar-refractivity contribution < 1.29 is 27.8 Å². The van der Waals surface area contributed by atoms with Crippen LogP contribution in [-0.4, -0.2) is 47.5 Å². The van der Waals surface area contributed by atoms with E-state index in [0.29, 0.717) is 12.4 Å². The molecule has 1 aromatic carbocycles. The third-order valence-electron chi connectivity index (χ3n) is 5.96. The number of ether oxygens (including phenoxy) is 2. The highest BCUT2D eigenvalue weighted by Gasteiger charge is 2.32. The van der Waals surface area contributed by atoms with Crippen molar-refractivity contribution in [1.82, 2.24) is 9.88 Å². The molecule has 1 saturated heterocycles. The van der Waals surface area contributed by atoms with Crippen molar-refractivity contribution in [3.05, 3.63) is 47.7 Å². The molecule has 2 aromatic rings. The zero-order valence-corrected chi connectivity index (χ0v) is 18.4. The summed E-state index contributed by atoms with van der Waals surface area (Å²) in [5, 5.41) is 2.71. The Balaban J connectivity index is 1.43. The number of rotatable bonds is 8. The number of alkyl halides is 2. The molecule has 0 radical (unpaired) electrons. The van der Waals surface area contributed by atoms with Crippen LogP contribution in [0.1, 0.15) is 49.3 Å². The molecule has 9 heteroatoms. The molecule has 33 heavy (non-hydrogen) atoms. The monoisotopic (exact) mass is 459 g/mol. The minimum absolute atomic E-state index is 0.00754. The van der Waals surface area contributed by atoms with Gasteiger partial charge < -0.3 is 19.7 Å². The summed E-state index contributed by atoms with van der Waals surface area (Å²) in [5.74, 6) is 0.0627. The highest BCUT2D eigenvalue weighted by atomic mass is 19.3. The molecule has 176 valence electrons. The minimum Gasteiger partial charge on any atom is -0.487 e. The fourth-order valence-electron chi connectivity index (χ4n) is 4.37. The van der Waals surface area contributed by atoms with Gasteiger partial charge in [-0.3, -0.25) is 9.59 Å². The van der Waals surface area contributed by atoms with Crippen LogP contribution < -0.4 is 14.8 Å². The highest BCUT2D eigenvalue weighted by molar-refractivity contribution is 5.94. The fraction of sp³-hybridized carbons (Fsp3) is 0.458. The number of hydrogen-bond acceptors (Lipinski definition) is 5. The molecule has 1 N–H and O–H groups in total. The molecule has 7 nitrogen and oxygen atoms in total. The molecule has 1 aliphatic carbocycles. The van der Waals surface area contributed by atoms with Crippen LogP contribution >= 0.6 is 0 Å². The summed E-state index contributed by atoms with van der Waals surface area (Å²) < 4.78 is 36.3. The number of carbonyl (C=O) groups is 2. The Morgan fingerprint density at radius 2 is 2.00 bits per heavy atom. The maximum absolute atomic E-state index is 12.8. The summed E-state index contributed by atoms with van der Waals surface area (Å²) >= 11 is 0. The van der Waals surface area contributed by atoms with Gasteiger partial charge in [0.25, 0.3) is 0 Å². The van der Waals surface area contributed by atoms with E-state index in [1.165, 1.54) is 11.0 Å². The van der Waals surface area contributed by atoms with Crippen LogP contribution in [0.25, 0.3) is 0 Å². The quantitative estimate of drug-likeness (QED) is 0.638. The van der Waals surface area contributed by atoms with E-state index in [9.17, 15) is 18.4 Å². The summed E-state index contributed by atoms with van der Waals surface area (Å²) in [6, 6.07) is 10.1. The highest BCUT2D eigenvalue weighted by Crippen LogP contribution is 2.37. The first-order valence-electron chi connectivity index (χ1n) is 11.1. The Morgan fingerprint density at radius 1 is 1.21 bits per heavy atom. The van der Waals surface area contributed by atoms with E-state index in [1.807, 2.05) is 13.0 Å².